The van der Waals surface area contributed by atoms with Gasteiger partial charge < -0.3 is 0 Å². The van der Waals surface area contributed by atoms with E-state index < -0.39 is 0 Å². The number of hydroxylamine groups is 1. The average molecular weight is 355 g/mol. The Balaban J connectivity index is 1.44. The Hall–Kier alpha value is -2.71. The Bertz CT molecular complexity index is 795. The van der Waals surface area contributed by atoms with E-state index in [9.17, 15) is 4.79 Å². The molecule has 0 saturated carbocycles. The van der Waals surface area contributed by atoms with Gasteiger partial charge in [0.1, 0.15) is 0 Å². The quantitative estimate of drug-likeness (QED) is 0.492. The molecular weight excluding hydrogens is 338 g/mol. The lowest BCUT2D eigenvalue weighted by molar-refractivity contribution is -0.131. The second-order valence-corrected chi connectivity index (χ2v) is 6.14. The first-order chi connectivity index (χ1) is 12.3. The molecule has 128 valence electrons. The maximum Gasteiger partial charge on any atom is 0.254 e. The van der Waals surface area contributed by atoms with Gasteiger partial charge in [-0.25, -0.2) is 10.2 Å². The number of rotatable bonds is 8. The van der Waals surface area contributed by atoms with Crippen LogP contribution in [0.25, 0.3) is 0 Å². The average Bonchev–Trinajstić information content (AvgIpc) is 3.09. The van der Waals surface area contributed by atoms with E-state index in [1.807, 2.05) is 60.7 Å². The van der Waals surface area contributed by atoms with Gasteiger partial charge in [-0.15, -0.1) is 5.10 Å². The molecule has 1 N–H and O–H groups in total. The van der Waals surface area contributed by atoms with Crippen molar-refractivity contribution in [3.05, 3.63) is 71.8 Å². The monoisotopic (exact) mass is 355 g/mol. The van der Waals surface area contributed by atoms with Crippen LogP contribution in [0.3, 0.4) is 0 Å². The Morgan fingerprint density at radius 3 is 2.44 bits per heavy atom. The third-order valence-electron chi connectivity index (χ3n) is 3.27. The smallest absolute Gasteiger partial charge is 0.254 e. The molecule has 0 bridgehead atoms. The van der Waals surface area contributed by atoms with Crippen molar-refractivity contribution in [2.45, 2.75) is 18.3 Å². The molecule has 0 aliphatic carbocycles. The fraction of sp³-hybridized carbons (Fsp3) is 0.176. The SMILES string of the molecule is O=C(CSc1nnnn1Cc1ccccc1)NOCc1ccccc1. The summed E-state index contributed by atoms with van der Waals surface area (Å²) in [5.74, 6) is -0.0700. The van der Waals surface area contributed by atoms with Crippen LogP contribution in [0.4, 0.5) is 0 Å². The highest BCUT2D eigenvalue weighted by Gasteiger charge is 2.10. The van der Waals surface area contributed by atoms with Crippen molar-refractivity contribution in [2.75, 3.05) is 5.75 Å². The second-order valence-electron chi connectivity index (χ2n) is 5.19. The molecule has 0 atom stereocenters. The Kier molecular flexibility index (Phi) is 6.13. The molecule has 1 aromatic heterocycles. The first kappa shape index (κ1) is 17.1. The van der Waals surface area contributed by atoms with E-state index in [4.69, 9.17) is 4.84 Å². The number of hydrogen-bond donors (Lipinski definition) is 1. The highest BCUT2D eigenvalue weighted by Crippen LogP contribution is 2.14. The topological polar surface area (TPSA) is 81.9 Å². The van der Waals surface area contributed by atoms with Gasteiger partial charge in [-0.2, -0.15) is 0 Å². The number of nitrogens with zero attached hydrogens (tertiary/aromatic N) is 4. The van der Waals surface area contributed by atoms with Crippen molar-refractivity contribution in [3.8, 4) is 0 Å². The summed E-state index contributed by atoms with van der Waals surface area (Å²) in [5, 5.41) is 12.2. The van der Waals surface area contributed by atoms with Gasteiger partial charge in [0.15, 0.2) is 0 Å². The fourth-order valence-corrected chi connectivity index (χ4v) is 2.75. The zero-order valence-electron chi connectivity index (χ0n) is 13.4. The zero-order chi connectivity index (χ0) is 17.3. The van der Waals surface area contributed by atoms with Crippen molar-refractivity contribution in [2.24, 2.45) is 0 Å². The first-order valence-electron chi connectivity index (χ1n) is 7.69. The third-order valence-corrected chi connectivity index (χ3v) is 4.23. The maximum atomic E-state index is 11.9. The van der Waals surface area contributed by atoms with Gasteiger partial charge in [0.2, 0.25) is 5.16 Å². The molecule has 7 nitrogen and oxygen atoms in total. The lowest BCUT2D eigenvalue weighted by atomic mass is 10.2. The number of amides is 1. The fourth-order valence-electron chi connectivity index (χ4n) is 2.09. The van der Waals surface area contributed by atoms with Crippen LogP contribution in [-0.4, -0.2) is 31.9 Å². The minimum atomic E-state index is -0.241. The van der Waals surface area contributed by atoms with Crippen molar-refractivity contribution in [3.63, 3.8) is 0 Å². The van der Waals surface area contributed by atoms with Gasteiger partial charge in [-0.05, 0) is 21.6 Å². The highest BCUT2D eigenvalue weighted by molar-refractivity contribution is 7.99. The second kappa shape index (κ2) is 8.95. The molecule has 0 saturated heterocycles. The van der Waals surface area contributed by atoms with Crippen LogP contribution in [0.2, 0.25) is 0 Å². The molecule has 2 aromatic carbocycles. The number of carbonyl (C=O) groups excluding carboxylic acids is 1. The van der Waals surface area contributed by atoms with Crippen LogP contribution in [0, 0.1) is 0 Å². The zero-order valence-corrected chi connectivity index (χ0v) is 14.2. The normalized spacial score (nSPS) is 10.6. The minimum Gasteiger partial charge on any atom is -0.272 e. The number of thioether (sulfide) groups is 1. The van der Waals surface area contributed by atoms with Crippen molar-refractivity contribution < 1.29 is 9.63 Å². The number of benzene rings is 2. The lowest BCUT2D eigenvalue weighted by Crippen LogP contribution is -2.25. The number of aromatic nitrogens is 4. The largest absolute Gasteiger partial charge is 0.272 e. The number of carbonyl (C=O) groups is 1. The van der Waals surface area contributed by atoms with Gasteiger partial charge in [0, 0.05) is 0 Å². The van der Waals surface area contributed by atoms with Gasteiger partial charge in [-0.3, -0.25) is 9.63 Å². The summed E-state index contributed by atoms with van der Waals surface area (Å²) in [7, 11) is 0. The molecule has 1 amide bonds. The maximum absolute atomic E-state index is 11.9. The summed E-state index contributed by atoms with van der Waals surface area (Å²) in [6.07, 6.45) is 0. The standard InChI is InChI=1S/C17H17N5O2S/c23-16(19-24-12-15-9-5-2-6-10-15)13-25-17-18-20-21-22(17)11-14-7-3-1-4-8-14/h1-10H,11-13H2,(H,19,23). The molecule has 0 spiro atoms. The van der Waals surface area contributed by atoms with Crippen LogP contribution in [0.15, 0.2) is 65.8 Å². The van der Waals surface area contributed by atoms with E-state index in [0.717, 1.165) is 11.1 Å². The van der Waals surface area contributed by atoms with Crippen molar-refractivity contribution in [1.29, 1.82) is 0 Å². The van der Waals surface area contributed by atoms with Crippen LogP contribution >= 0.6 is 11.8 Å². The number of hydrogen-bond acceptors (Lipinski definition) is 6. The van der Waals surface area contributed by atoms with Crippen LogP contribution in [0.5, 0.6) is 0 Å². The van der Waals surface area contributed by atoms with Crippen molar-refractivity contribution >= 4 is 17.7 Å². The van der Waals surface area contributed by atoms with E-state index >= 15 is 0 Å². The number of tetrazole rings is 1. The van der Waals surface area contributed by atoms with Crippen LogP contribution in [-0.2, 0) is 22.8 Å². The summed E-state index contributed by atoms with van der Waals surface area (Å²) >= 11 is 1.26. The summed E-state index contributed by atoms with van der Waals surface area (Å²) < 4.78 is 1.66. The van der Waals surface area contributed by atoms with Gasteiger partial charge >= 0.3 is 0 Å². The number of nitrogens with one attached hydrogen (secondary N) is 1. The Morgan fingerprint density at radius 2 is 1.72 bits per heavy atom. The van der Waals surface area contributed by atoms with Crippen LogP contribution in [0.1, 0.15) is 11.1 Å². The molecule has 3 aromatic rings. The van der Waals surface area contributed by atoms with E-state index in [1.54, 1.807) is 4.68 Å². The Morgan fingerprint density at radius 1 is 1.04 bits per heavy atom. The predicted molar refractivity (Wildman–Crippen MR) is 93.5 cm³/mol. The summed E-state index contributed by atoms with van der Waals surface area (Å²) in [5.41, 5.74) is 4.50. The minimum absolute atomic E-state index is 0.171. The molecule has 0 fully saturated rings. The summed E-state index contributed by atoms with van der Waals surface area (Å²) in [4.78, 5) is 17.1. The van der Waals surface area contributed by atoms with Gasteiger partial charge in [0.05, 0.1) is 18.9 Å². The molecule has 0 aliphatic heterocycles. The third kappa shape index (κ3) is 5.40. The predicted octanol–water partition coefficient (Wildman–Crippen LogP) is 2.06. The first-order valence-corrected chi connectivity index (χ1v) is 8.67. The van der Waals surface area contributed by atoms with Gasteiger partial charge in [0.25, 0.3) is 5.91 Å². The molecule has 8 heteroatoms. The van der Waals surface area contributed by atoms with Crippen LogP contribution < -0.4 is 5.48 Å². The molecule has 25 heavy (non-hydrogen) atoms. The molecule has 0 aliphatic rings. The van der Waals surface area contributed by atoms with Gasteiger partial charge in [-0.1, -0.05) is 72.4 Å². The molecule has 3 rings (SSSR count). The van der Waals surface area contributed by atoms with E-state index in [2.05, 4.69) is 21.0 Å². The summed E-state index contributed by atoms with van der Waals surface area (Å²) in [6, 6.07) is 19.5. The van der Waals surface area contributed by atoms with E-state index in [-0.39, 0.29) is 11.7 Å². The molecule has 0 radical (unpaired) electrons. The highest BCUT2D eigenvalue weighted by atomic mass is 32.2. The molecular formula is C17H17N5O2S. The molecule has 0 unspecified atom stereocenters. The molecule has 1 heterocycles. The Labute approximate surface area is 149 Å². The lowest BCUT2D eigenvalue weighted by Gasteiger charge is -2.06. The van der Waals surface area contributed by atoms with Crippen molar-refractivity contribution in [1.82, 2.24) is 25.7 Å². The van der Waals surface area contributed by atoms with E-state index in [0.29, 0.717) is 18.3 Å². The summed E-state index contributed by atoms with van der Waals surface area (Å²) in [6.45, 7) is 0.880. The van der Waals surface area contributed by atoms with E-state index in [1.165, 1.54) is 11.8 Å².